The summed E-state index contributed by atoms with van der Waals surface area (Å²) in [6.07, 6.45) is 8.40. The molecule has 1 atom stereocenters. The fraction of sp³-hybridized carbons (Fsp3) is 0.765. The molecule has 1 aliphatic heterocycles. The molecule has 0 aromatic carbocycles. The Morgan fingerprint density at radius 1 is 1.18 bits per heavy atom. The molecule has 1 aromatic heterocycles. The van der Waals surface area contributed by atoms with Crippen LogP contribution in [0.1, 0.15) is 43.1 Å². The molecule has 0 spiro atoms. The Hall–Kier alpha value is -1.20. The highest BCUT2D eigenvalue weighted by atomic mass is 16.5. The van der Waals surface area contributed by atoms with E-state index < -0.39 is 0 Å². The maximum absolute atomic E-state index is 5.98. The topological polar surface area (TPSA) is 43.2 Å². The standard InChI is InChI=1S/C17H26N4O/c1-2-8-20-9-7-15-17(16(20)12-22-11-14-5-6-14)18-19-21(15)10-13-3-4-13/h2,13-14,16H,1,3-12H2. The first-order valence-corrected chi connectivity index (χ1v) is 8.70. The van der Waals surface area contributed by atoms with Gasteiger partial charge < -0.3 is 4.74 Å². The summed E-state index contributed by atoms with van der Waals surface area (Å²) in [7, 11) is 0. The number of rotatable bonds is 8. The number of hydrogen-bond acceptors (Lipinski definition) is 4. The Balaban J connectivity index is 1.48. The summed E-state index contributed by atoms with van der Waals surface area (Å²) in [5.41, 5.74) is 2.48. The molecule has 1 aromatic rings. The quantitative estimate of drug-likeness (QED) is 0.691. The molecule has 2 saturated carbocycles. The maximum Gasteiger partial charge on any atom is 0.105 e. The Labute approximate surface area is 132 Å². The molecule has 2 heterocycles. The Morgan fingerprint density at radius 2 is 2.00 bits per heavy atom. The van der Waals surface area contributed by atoms with Crippen LogP contribution < -0.4 is 0 Å². The fourth-order valence-corrected chi connectivity index (χ4v) is 3.33. The Bertz CT molecular complexity index is 533. The van der Waals surface area contributed by atoms with Crippen LogP contribution in [-0.4, -0.2) is 46.2 Å². The molecule has 3 aliphatic rings. The molecule has 1 unspecified atom stereocenters. The summed E-state index contributed by atoms with van der Waals surface area (Å²) in [6, 6.07) is 0.244. The van der Waals surface area contributed by atoms with Gasteiger partial charge in [0.05, 0.1) is 18.3 Å². The van der Waals surface area contributed by atoms with Crippen LogP contribution >= 0.6 is 0 Å². The summed E-state index contributed by atoms with van der Waals surface area (Å²) in [6.45, 7) is 8.54. The van der Waals surface area contributed by atoms with Crippen molar-refractivity contribution >= 4 is 0 Å². The average Bonchev–Trinajstić information content (AvgIpc) is 3.42. The SMILES string of the molecule is C=CCN1CCc2c(nnn2CC2CC2)C1COCC1CC1. The Morgan fingerprint density at radius 3 is 2.73 bits per heavy atom. The molecule has 5 heteroatoms. The van der Waals surface area contributed by atoms with Crippen molar-refractivity contribution in [3.63, 3.8) is 0 Å². The minimum absolute atomic E-state index is 0.244. The summed E-state index contributed by atoms with van der Waals surface area (Å²) in [4.78, 5) is 2.43. The van der Waals surface area contributed by atoms with Crippen LogP contribution in [0.5, 0.6) is 0 Å². The van der Waals surface area contributed by atoms with Crippen LogP contribution in [0.15, 0.2) is 12.7 Å². The molecule has 0 saturated heterocycles. The van der Waals surface area contributed by atoms with Crippen molar-refractivity contribution in [3.05, 3.63) is 24.0 Å². The predicted octanol–water partition coefficient (Wildman–Crippen LogP) is 2.20. The lowest BCUT2D eigenvalue weighted by Crippen LogP contribution is -2.38. The zero-order chi connectivity index (χ0) is 14.9. The van der Waals surface area contributed by atoms with E-state index in [0.717, 1.165) is 56.8 Å². The molecule has 4 rings (SSSR count). The number of nitrogens with zero attached hydrogens (tertiary/aromatic N) is 4. The summed E-state index contributed by atoms with van der Waals surface area (Å²) in [5.74, 6) is 1.64. The van der Waals surface area contributed by atoms with E-state index in [0.29, 0.717) is 0 Å². The van der Waals surface area contributed by atoms with Gasteiger partial charge in [0, 0.05) is 32.7 Å². The second-order valence-electron chi connectivity index (χ2n) is 7.08. The van der Waals surface area contributed by atoms with Crippen molar-refractivity contribution in [2.24, 2.45) is 11.8 Å². The van der Waals surface area contributed by atoms with Crippen molar-refractivity contribution in [1.29, 1.82) is 0 Å². The first-order chi connectivity index (χ1) is 10.8. The second-order valence-corrected chi connectivity index (χ2v) is 7.08. The van der Waals surface area contributed by atoms with Crippen molar-refractivity contribution in [3.8, 4) is 0 Å². The minimum atomic E-state index is 0.244. The van der Waals surface area contributed by atoms with E-state index >= 15 is 0 Å². The lowest BCUT2D eigenvalue weighted by molar-refractivity contribution is 0.0512. The molecule has 22 heavy (non-hydrogen) atoms. The maximum atomic E-state index is 5.98. The molecule has 0 bridgehead atoms. The first kappa shape index (κ1) is 14.4. The van der Waals surface area contributed by atoms with E-state index in [1.807, 2.05) is 6.08 Å². The van der Waals surface area contributed by atoms with Gasteiger partial charge in [-0.05, 0) is 37.5 Å². The molecule has 0 N–H and O–H groups in total. The summed E-state index contributed by atoms with van der Waals surface area (Å²) < 4.78 is 8.14. The average molecular weight is 302 g/mol. The molecular weight excluding hydrogens is 276 g/mol. The van der Waals surface area contributed by atoms with Crippen LogP contribution in [0, 0.1) is 11.8 Å². The van der Waals surface area contributed by atoms with Gasteiger partial charge in [-0.15, -0.1) is 11.7 Å². The third kappa shape index (κ3) is 3.10. The summed E-state index contributed by atoms with van der Waals surface area (Å²) in [5, 5.41) is 8.96. The largest absolute Gasteiger partial charge is 0.379 e. The van der Waals surface area contributed by atoms with Gasteiger partial charge >= 0.3 is 0 Å². The van der Waals surface area contributed by atoms with Gasteiger partial charge in [0.15, 0.2) is 0 Å². The van der Waals surface area contributed by atoms with Crippen LogP contribution in [0.2, 0.25) is 0 Å². The first-order valence-electron chi connectivity index (χ1n) is 8.70. The van der Waals surface area contributed by atoms with Crippen LogP contribution in [0.3, 0.4) is 0 Å². The highest BCUT2D eigenvalue weighted by molar-refractivity contribution is 5.19. The normalized spacial score (nSPS) is 25.2. The van der Waals surface area contributed by atoms with Gasteiger partial charge in [0.1, 0.15) is 5.69 Å². The minimum Gasteiger partial charge on any atom is -0.379 e. The van der Waals surface area contributed by atoms with Gasteiger partial charge in [-0.2, -0.15) is 0 Å². The zero-order valence-electron chi connectivity index (χ0n) is 13.3. The van der Waals surface area contributed by atoms with Gasteiger partial charge in [-0.3, -0.25) is 4.90 Å². The molecular formula is C17H26N4O. The molecule has 5 nitrogen and oxygen atoms in total. The van der Waals surface area contributed by atoms with E-state index in [9.17, 15) is 0 Å². The third-order valence-electron chi connectivity index (χ3n) is 5.08. The van der Waals surface area contributed by atoms with Crippen molar-refractivity contribution in [1.82, 2.24) is 19.9 Å². The molecule has 2 fully saturated rings. The zero-order valence-corrected chi connectivity index (χ0v) is 13.3. The molecule has 120 valence electrons. The number of ether oxygens (including phenoxy) is 1. The van der Waals surface area contributed by atoms with Crippen LogP contribution in [0.4, 0.5) is 0 Å². The highest BCUT2D eigenvalue weighted by Crippen LogP contribution is 2.34. The van der Waals surface area contributed by atoms with E-state index in [2.05, 4.69) is 26.5 Å². The van der Waals surface area contributed by atoms with E-state index in [1.165, 1.54) is 31.4 Å². The fourth-order valence-electron chi connectivity index (χ4n) is 3.33. The van der Waals surface area contributed by atoms with Crippen molar-refractivity contribution < 1.29 is 4.74 Å². The number of hydrogen-bond donors (Lipinski definition) is 0. The lowest BCUT2D eigenvalue weighted by atomic mass is 10.0. The van der Waals surface area contributed by atoms with E-state index in [4.69, 9.17) is 4.74 Å². The van der Waals surface area contributed by atoms with Gasteiger partial charge in [0.2, 0.25) is 0 Å². The third-order valence-corrected chi connectivity index (χ3v) is 5.08. The number of fused-ring (bicyclic) bond motifs is 1. The summed E-state index contributed by atoms with van der Waals surface area (Å²) >= 11 is 0. The molecule has 0 amide bonds. The predicted molar refractivity (Wildman–Crippen MR) is 84.5 cm³/mol. The van der Waals surface area contributed by atoms with Gasteiger partial charge in [-0.25, -0.2) is 4.68 Å². The lowest BCUT2D eigenvalue weighted by Gasteiger charge is -2.33. The van der Waals surface area contributed by atoms with Crippen molar-refractivity contribution in [2.75, 3.05) is 26.3 Å². The molecule has 2 aliphatic carbocycles. The van der Waals surface area contributed by atoms with E-state index in [-0.39, 0.29) is 6.04 Å². The monoisotopic (exact) mass is 302 g/mol. The molecule has 0 radical (unpaired) electrons. The van der Waals surface area contributed by atoms with Crippen molar-refractivity contribution in [2.45, 2.75) is 44.7 Å². The van der Waals surface area contributed by atoms with Gasteiger partial charge in [0.25, 0.3) is 0 Å². The van der Waals surface area contributed by atoms with Crippen LogP contribution in [-0.2, 0) is 17.7 Å². The van der Waals surface area contributed by atoms with E-state index in [1.54, 1.807) is 0 Å². The second kappa shape index (κ2) is 6.13. The smallest absolute Gasteiger partial charge is 0.105 e. The Kier molecular flexibility index (Phi) is 4.01. The number of aromatic nitrogens is 3. The van der Waals surface area contributed by atoms with Crippen LogP contribution in [0.25, 0.3) is 0 Å². The highest BCUT2D eigenvalue weighted by Gasteiger charge is 2.33. The van der Waals surface area contributed by atoms with Gasteiger partial charge in [-0.1, -0.05) is 11.3 Å².